The number of ketones is 1. The molecule has 1 fully saturated rings. The Morgan fingerprint density at radius 3 is 2.47 bits per heavy atom. The maximum Gasteiger partial charge on any atom is 0.168 e. The highest BCUT2D eigenvalue weighted by Gasteiger charge is 2.23. The minimum Gasteiger partial charge on any atom is -0.398 e. The number of nitrogens with two attached hydrogens (primary N) is 1. The van der Waals surface area contributed by atoms with Gasteiger partial charge in [-0.25, -0.2) is 4.39 Å². The van der Waals surface area contributed by atoms with E-state index in [1.54, 1.807) is 0 Å². The van der Waals surface area contributed by atoms with E-state index in [9.17, 15) is 9.18 Å². The van der Waals surface area contributed by atoms with Gasteiger partial charge in [-0.2, -0.15) is 0 Å². The lowest BCUT2D eigenvalue weighted by Crippen LogP contribution is -2.16. The molecule has 17 heavy (non-hydrogen) atoms. The average Bonchev–Trinajstić information content (AvgIpc) is 2.60. The summed E-state index contributed by atoms with van der Waals surface area (Å²) in [5.41, 5.74) is 6.50. The molecular weight excluding hydrogens is 217 g/mol. The van der Waals surface area contributed by atoms with E-state index in [1.165, 1.54) is 31.0 Å². The van der Waals surface area contributed by atoms with E-state index in [-0.39, 0.29) is 11.7 Å². The van der Waals surface area contributed by atoms with Crippen LogP contribution in [0.3, 0.4) is 0 Å². The molecule has 92 valence electrons. The maximum absolute atomic E-state index is 13.1. The van der Waals surface area contributed by atoms with Crippen molar-refractivity contribution in [1.82, 2.24) is 0 Å². The normalized spacial score (nSPS) is 17.7. The van der Waals surface area contributed by atoms with E-state index < -0.39 is 5.82 Å². The summed E-state index contributed by atoms with van der Waals surface area (Å²) >= 11 is 0. The van der Waals surface area contributed by atoms with E-state index >= 15 is 0 Å². The van der Waals surface area contributed by atoms with Crippen LogP contribution in [-0.4, -0.2) is 5.78 Å². The summed E-state index contributed by atoms with van der Waals surface area (Å²) in [5.74, 6) is -0.346. The molecule has 0 bridgehead atoms. The maximum atomic E-state index is 13.1. The number of carbonyl (C=O) groups is 1. The van der Waals surface area contributed by atoms with Crippen molar-refractivity contribution >= 4 is 11.5 Å². The van der Waals surface area contributed by atoms with Crippen LogP contribution in [-0.2, 0) is 0 Å². The lowest BCUT2D eigenvalue weighted by atomic mass is 9.90. The molecule has 2 rings (SSSR count). The molecule has 2 N–H and O–H groups in total. The third-order valence-electron chi connectivity index (χ3n) is 3.51. The van der Waals surface area contributed by atoms with Crippen molar-refractivity contribution < 1.29 is 9.18 Å². The summed E-state index contributed by atoms with van der Waals surface area (Å²) in [6.07, 6.45) is 6.39. The molecule has 0 aliphatic heterocycles. The van der Waals surface area contributed by atoms with Crippen LogP contribution in [0.5, 0.6) is 0 Å². The Morgan fingerprint density at radius 2 is 1.82 bits per heavy atom. The fraction of sp³-hybridized carbons (Fsp3) is 0.500. The molecule has 1 aromatic rings. The first-order valence-electron chi connectivity index (χ1n) is 6.27. The van der Waals surface area contributed by atoms with Gasteiger partial charge in [-0.05, 0) is 31.0 Å². The van der Waals surface area contributed by atoms with Gasteiger partial charge >= 0.3 is 0 Å². The van der Waals surface area contributed by atoms with Crippen molar-refractivity contribution in [3.8, 4) is 0 Å². The molecule has 0 aromatic heterocycles. The molecule has 2 nitrogen and oxygen atoms in total. The third kappa shape index (κ3) is 2.84. The monoisotopic (exact) mass is 235 g/mol. The van der Waals surface area contributed by atoms with Crippen LogP contribution in [0.4, 0.5) is 10.1 Å². The Balaban J connectivity index is 2.20. The second kappa shape index (κ2) is 5.30. The number of benzene rings is 1. The second-order valence-corrected chi connectivity index (χ2v) is 4.78. The topological polar surface area (TPSA) is 43.1 Å². The molecule has 0 heterocycles. The van der Waals surface area contributed by atoms with Gasteiger partial charge < -0.3 is 5.73 Å². The number of halogens is 1. The molecule has 1 aliphatic rings. The van der Waals surface area contributed by atoms with Crippen LogP contribution in [0.25, 0.3) is 0 Å². The van der Waals surface area contributed by atoms with E-state index in [4.69, 9.17) is 5.73 Å². The van der Waals surface area contributed by atoms with Crippen LogP contribution < -0.4 is 5.73 Å². The predicted octanol–water partition coefficient (Wildman–Crippen LogP) is 3.56. The van der Waals surface area contributed by atoms with Gasteiger partial charge in [0.15, 0.2) is 5.78 Å². The lowest BCUT2D eigenvalue weighted by molar-refractivity contribution is 0.0908. The van der Waals surface area contributed by atoms with Crippen LogP contribution >= 0.6 is 0 Å². The van der Waals surface area contributed by atoms with Gasteiger partial charge in [0, 0.05) is 17.2 Å². The van der Waals surface area contributed by atoms with Crippen LogP contribution in [0.15, 0.2) is 18.2 Å². The van der Waals surface area contributed by atoms with E-state index in [0.717, 1.165) is 25.7 Å². The zero-order chi connectivity index (χ0) is 12.3. The Hall–Kier alpha value is -1.38. The van der Waals surface area contributed by atoms with Gasteiger partial charge in [-0.1, -0.05) is 25.7 Å². The zero-order valence-electron chi connectivity index (χ0n) is 9.92. The summed E-state index contributed by atoms with van der Waals surface area (Å²) in [6, 6.07) is 4.03. The van der Waals surface area contributed by atoms with Gasteiger partial charge in [0.1, 0.15) is 5.82 Å². The number of hydrogen-bond donors (Lipinski definition) is 1. The van der Waals surface area contributed by atoms with Gasteiger partial charge in [0.2, 0.25) is 0 Å². The molecule has 1 saturated carbocycles. The average molecular weight is 235 g/mol. The molecular formula is C14H18FNO. The predicted molar refractivity (Wildman–Crippen MR) is 66.3 cm³/mol. The molecule has 0 amide bonds. The van der Waals surface area contributed by atoms with Gasteiger partial charge in [0.25, 0.3) is 0 Å². The van der Waals surface area contributed by atoms with Crippen molar-refractivity contribution in [3.63, 3.8) is 0 Å². The smallest absolute Gasteiger partial charge is 0.168 e. The van der Waals surface area contributed by atoms with Gasteiger partial charge in [-0.15, -0.1) is 0 Å². The Labute approximate surface area is 101 Å². The van der Waals surface area contributed by atoms with Crippen molar-refractivity contribution in [2.24, 2.45) is 5.92 Å². The number of hydrogen-bond acceptors (Lipinski definition) is 2. The summed E-state index contributed by atoms with van der Waals surface area (Å²) in [5, 5.41) is 0. The Bertz CT molecular complexity index is 409. The van der Waals surface area contributed by atoms with Crippen molar-refractivity contribution in [2.75, 3.05) is 5.73 Å². The summed E-state index contributed by atoms with van der Waals surface area (Å²) in [7, 11) is 0. The van der Waals surface area contributed by atoms with Crippen LogP contribution in [0.1, 0.15) is 48.9 Å². The largest absolute Gasteiger partial charge is 0.398 e. The van der Waals surface area contributed by atoms with Gasteiger partial charge in [0.05, 0.1) is 0 Å². The molecule has 3 heteroatoms. The molecule has 0 spiro atoms. The van der Waals surface area contributed by atoms with Crippen molar-refractivity contribution in [1.29, 1.82) is 0 Å². The summed E-state index contributed by atoms with van der Waals surface area (Å²) in [6.45, 7) is 0. The van der Waals surface area contributed by atoms with E-state index in [2.05, 4.69) is 0 Å². The Morgan fingerprint density at radius 1 is 1.18 bits per heavy atom. The third-order valence-corrected chi connectivity index (χ3v) is 3.51. The highest BCUT2D eigenvalue weighted by Crippen LogP contribution is 2.28. The molecule has 1 aliphatic carbocycles. The fourth-order valence-corrected chi connectivity index (χ4v) is 2.50. The van der Waals surface area contributed by atoms with Crippen molar-refractivity contribution in [3.05, 3.63) is 29.6 Å². The first-order valence-corrected chi connectivity index (χ1v) is 6.27. The Kier molecular flexibility index (Phi) is 3.77. The number of carbonyl (C=O) groups excluding carboxylic acids is 1. The second-order valence-electron chi connectivity index (χ2n) is 4.78. The number of nitrogen functional groups attached to an aromatic ring is 1. The highest BCUT2D eigenvalue weighted by molar-refractivity contribution is 6.02. The molecule has 1 aromatic carbocycles. The fourth-order valence-electron chi connectivity index (χ4n) is 2.50. The minimum atomic E-state index is -0.392. The van der Waals surface area contributed by atoms with Crippen LogP contribution in [0.2, 0.25) is 0 Å². The summed E-state index contributed by atoms with van der Waals surface area (Å²) in [4.78, 5) is 12.3. The van der Waals surface area contributed by atoms with E-state index in [1.807, 2.05) is 0 Å². The van der Waals surface area contributed by atoms with E-state index in [0.29, 0.717) is 11.3 Å². The zero-order valence-corrected chi connectivity index (χ0v) is 9.92. The molecule has 0 atom stereocenters. The first-order chi connectivity index (χ1) is 8.18. The first kappa shape index (κ1) is 12.1. The standard InChI is InChI=1S/C14H18FNO/c15-11-7-8-13(16)12(9-11)14(17)10-5-3-1-2-4-6-10/h7-10H,1-6,16H2. The van der Waals surface area contributed by atoms with Crippen LogP contribution in [0, 0.1) is 11.7 Å². The number of rotatable bonds is 2. The lowest BCUT2D eigenvalue weighted by Gasteiger charge is -2.14. The molecule has 0 saturated heterocycles. The van der Waals surface area contributed by atoms with Crippen molar-refractivity contribution in [2.45, 2.75) is 38.5 Å². The number of Topliss-reactive ketones (excluding diaryl/α,β-unsaturated/α-hetero) is 1. The molecule has 0 radical (unpaired) electrons. The molecule has 0 unspecified atom stereocenters. The highest BCUT2D eigenvalue weighted by atomic mass is 19.1. The van der Waals surface area contributed by atoms with Gasteiger partial charge in [-0.3, -0.25) is 4.79 Å². The number of anilines is 1. The summed E-state index contributed by atoms with van der Waals surface area (Å²) < 4.78 is 13.1. The SMILES string of the molecule is Nc1ccc(F)cc1C(=O)C1CCCCCC1. The quantitative estimate of drug-likeness (QED) is 0.484. The minimum absolute atomic E-state index is 0.0175.